The molecule has 0 atom stereocenters. The van der Waals surface area contributed by atoms with E-state index in [2.05, 4.69) is 13.0 Å². The van der Waals surface area contributed by atoms with Gasteiger partial charge in [-0.25, -0.2) is 0 Å². The van der Waals surface area contributed by atoms with Crippen molar-refractivity contribution in [1.82, 2.24) is 0 Å². The van der Waals surface area contributed by atoms with Crippen LogP contribution in [0, 0.1) is 0 Å². The highest BCUT2D eigenvalue weighted by molar-refractivity contribution is 8.03. The number of hydrogen-bond acceptors (Lipinski definition) is 1. The summed E-state index contributed by atoms with van der Waals surface area (Å²) < 4.78 is 0. The minimum atomic E-state index is 0.992. The molecule has 0 aliphatic heterocycles. The molecule has 0 saturated heterocycles. The van der Waals surface area contributed by atoms with Crippen molar-refractivity contribution >= 4 is 23.4 Å². The SMILES string of the molecule is CCCSC1=CC=C(Cl)CC1. The van der Waals surface area contributed by atoms with Crippen LogP contribution in [0.5, 0.6) is 0 Å². The van der Waals surface area contributed by atoms with Crippen LogP contribution in [0.4, 0.5) is 0 Å². The third kappa shape index (κ3) is 3.35. The molecule has 0 aromatic rings. The highest BCUT2D eigenvalue weighted by atomic mass is 35.5. The average Bonchev–Trinajstić information content (AvgIpc) is 2.04. The Labute approximate surface area is 77.7 Å². The molecule has 0 amide bonds. The van der Waals surface area contributed by atoms with Gasteiger partial charge in [-0.2, -0.15) is 0 Å². The number of rotatable bonds is 3. The van der Waals surface area contributed by atoms with Crippen molar-refractivity contribution in [2.45, 2.75) is 26.2 Å². The molecule has 0 aromatic heterocycles. The summed E-state index contributed by atoms with van der Waals surface area (Å²) in [5.74, 6) is 1.23. The first-order valence-electron chi connectivity index (χ1n) is 4.01. The molecule has 0 nitrogen and oxygen atoms in total. The zero-order chi connectivity index (χ0) is 8.10. The second-order valence-corrected chi connectivity index (χ2v) is 4.30. The summed E-state index contributed by atoms with van der Waals surface area (Å²) in [4.78, 5) is 1.48. The average molecular weight is 189 g/mol. The van der Waals surface area contributed by atoms with E-state index in [0.29, 0.717) is 0 Å². The number of hydrogen-bond donors (Lipinski definition) is 0. The summed E-state index contributed by atoms with van der Waals surface area (Å²) in [6.07, 6.45) is 7.58. The number of halogens is 1. The Morgan fingerprint density at radius 2 is 2.27 bits per heavy atom. The first kappa shape index (κ1) is 9.21. The summed E-state index contributed by atoms with van der Waals surface area (Å²) in [5.41, 5.74) is 0. The molecule has 1 aliphatic carbocycles. The molecular weight excluding hydrogens is 176 g/mol. The van der Waals surface area contributed by atoms with Gasteiger partial charge < -0.3 is 0 Å². The van der Waals surface area contributed by atoms with Crippen molar-refractivity contribution in [3.8, 4) is 0 Å². The van der Waals surface area contributed by atoms with Gasteiger partial charge in [0.1, 0.15) is 0 Å². The van der Waals surface area contributed by atoms with Crippen LogP contribution in [0.3, 0.4) is 0 Å². The molecule has 0 saturated carbocycles. The molecule has 1 rings (SSSR count). The molecule has 0 fully saturated rings. The van der Waals surface area contributed by atoms with E-state index < -0.39 is 0 Å². The van der Waals surface area contributed by atoms with Gasteiger partial charge in [-0.3, -0.25) is 0 Å². The summed E-state index contributed by atoms with van der Waals surface area (Å²) in [5, 5.41) is 0.992. The third-order valence-corrected chi connectivity index (χ3v) is 3.19. The van der Waals surface area contributed by atoms with Crippen LogP contribution in [0.1, 0.15) is 26.2 Å². The molecular formula is C9H13ClS. The maximum atomic E-state index is 5.82. The van der Waals surface area contributed by atoms with E-state index in [4.69, 9.17) is 11.6 Å². The van der Waals surface area contributed by atoms with Crippen molar-refractivity contribution in [1.29, 1.82) is 0 Å². The standard InChI is InChI=1S/C9H13ClS/c1-2-7-11-9-5-3-8(10)4-6-9/h3,5H,2,4,6-7H2,1H3. The van der Waals surface area contributed by atoms with Crippen LogP contribution < -0.4 is 0 Å². The number of allylic oxidation sites excluding steroid dienone is 4. The van der Waals surface area contributed by atoms with Gasteiger partial charge >= 0.3 is 0 Å². The maximum Gasteiger partial charge on any atom is 0.0184 e. The van der Waals surface area contributed by atoms with Crippen LogP contribution in [-0.2, 0) is 0 Å². The summed E-state index contributed by atoms with van der Waals surface area (Å²) >= 11 is 7.78. The molecule has 62 valence electrons. The lowest BCUT2D eigenvalue weighted by Gasteiger charge is -2.09. The second kappa shape index (κ2) is 4.89. The highest BCUT2D eigenvalue weighted by Crippen LogP contribution is 2.28. The van der Waals surface area contributed by atoms with Gasteiger partial charge in [0.2, 0.25) is 0 Å². The van der Waals surface area contributed by atoms with Crippen molar-refractivity contribution in [2.24, 2.45) is 0 Å². The largest absolute Gasteiger partial charge is 0.131 e. The van der Waals surface area contributed by atoms with E-state index in [1.54, 1.807) is 0 Å². The molecule has 11 heavy (non-hydrogen) atoms. The lowest BCUT2D eigenvalue weighted by Crippen LogP contribution is -1.87. The quantitative estimate of drug-likeness (QED) is 0.647. The summed E-state index contributed by atoms with van der Waals surface area (Å²) in [6, 6.07) is 0. The smallest absolute Gasteiger partial charge is 0.0184 e. The normalized spacial score (nSPS) is 17.6. The Hall–Kier alpha value is 0.120. The first-order valence-corrected chi connectivity index (χ1v) is 5.37. The Morgan fingerprint density at radius 3 is 2.82 bits per heavy atom. The van der Waals surface area contributed by atoms with Crippen LogP contribution in [-0.4, -0.2) is 5.75 Å². The van der Waals surface area contributed by atoms with Gasteiger partial charge in [0.05, 0.1) is 0 Å². The summed E-state index contributed by atoms with van der Waals surface area (Å²) in [6.45, 7) is 2.21. The van der Waals surface area contributed by atoms with E-state index in [0.717, 1.165) is 17.9 Å². The van der Waals surface area contributed by atoms with Crippen molar-refractivity contribution in [3.05, 3.63) is 22.1 Å². The Bertz CT molecular complexity index is 182. The van der Waals surface area contributed by atoms with Crippen LogP contribution >= 0.6 is 23.4 Å². The minimum absolute atomic E-state index is 0.992. The van der Waals surface area contributed by atoms with Gasteiger partial charge in [0.25, 0.3) is 0 Å². The molecule has 0 N–H and O–H groups in total. The molecule has 0 aromatic carbocycles. The Balaban J connectivity index is 2.35. The van der Waals surface area contributed by atoms with Crippen molar-refractivity contribution in [2.75, 3.05) is 5.75 Å². The summed E-state index contributed by atoms with van der Waals surface area (Å²) in [7, 11) is 0. The lowest BCUT2D eigenvalue weighted by atomic mass is 10.2. The first-order chi connectivity index (χ1) is 5.33. The topological polar surface area (TPSA) is 0 Å². The molecule has 0 unspecified atom stereocenters. The fourth-order valence-electron chi connectivity index (χ4n) is 0.946. The van der Waals surface area contributed by atoms with E-state index in [1.807, 2.05) is 17.8 Å². The highest BCUT2D eigenvalue weighted by Gasteiger charge is 2.03. The Kier molecular flexibility index (Phi) is 4.09. The zero-order valence-electron chi connectivity index (χ0n) is 6.77. The minimum Gasteiger partial charge on any atom is -0.131 e. The van der Waals surface area contributed by atoms with Gasteiger partial charge in [-0.05, 0) is 36.0 Å². The predicted molar refractivity (Wildman–Crippen MR) is 54.0 cm³/mol. The fourth-order valence-corrected chi connectivity index (χ4v) is 1.98. The molecule has 0 radical (unpaired) electrons. The molecule has 1 aliphatic rings. The lowest BCUT2D eigenvalue weighted by molar-refractivity contribution is 0.998. The van der Waals surface area contributed by atoms with E-state index >= 15 is 0 Å². The fraction of sp³-hybridized carbons (Fsp3) is 0.556. The Morgan fingerprint density at radius 1 is 1.45 bits per heavy atom. The van der Waals surface area contributed by atoms with Crippen LogP contribution in [0.15, 0.2) is 22.1 Å². The van der Waals surface area contributed by atoms with Crippen LogP contribution in [0.2, 0.25) is 0 Å². The van der Waals surface area contributed by atoms with Gasteiger partial charge in [-0.1, -0.05) is 24.6 Å². The van der Waals surface area contributed by atoms with Gasteiger partial charge in [0, 0.05) is 5.03 Å². The van der Waals surface area contributed by atoms with Gasteiger partial charge in [-0.15, -0.1) is 11.8 Å². The molecule has 0 bridgehead atoms. The van der Waals surface area contributed by atoms with Gasteiger partial charge in [0.15, 0.2) is 0 Å². The maximum absolute atomic E-state index is 5.82. The predicted octanol–water partition coefficient (Wildman–Crippen LogP) is 3.93. The molecule has 0 heterocycles. The molecule has 0 spiro atoms. The molecule has 2 heteroatoms. The van der Waals surface area contributed by atoms with Crippen molar-refractivity contribution < 1.29 is 0 Å². The zero-order valence-corrected chi connectivity index (χ0v) is 8.34. The third-order valence-electron chi connectivity index (χ3n) is 1.55. The van der Waals surface area contributed by atoms with E-state index in [-0.39, 0.29) is 0 Å². The van der Waals surface area contributed by atoms with Crippen molar-refractivity contribution in [3.63, 3.8) is 0 Å². The van der Waals surface area contributed by atoms with Crippen LogP contribution in [0.25, 0.3) is 0 Å². The monoisotopic (exact) mass is 188 g/mol. The second-order valence-electron chi connectivity index (χ2n) is 2.59. The van der Waals surface area contributed by atoms with E-state index in [1.165, 1.54) is 17.1 Å². The van der Waals surface area contributed by atoms with E-state index in [9.17, 15) is 0 Å². The number of thioether (sulfide) groups is 1.